The maximum atomic E-state index is 12.8. The molecule has 0 aromatic heterocycles. The van der Waals surface area contributed by atoms with Gasteiger partial charge in [0.25, 0.3) is 0 Å². The molecule has 4 rings (SSSR count). The molecule has 1 aromatic rings. The zero-order valence-corrected chi connectivity index (χ0v) is 15.2. The molecule has 6 nitrogen and oxygen atoms in total. The number of aliphatic hydroxyl groups excluding tert-OH is 1. The second-order valence-corrected chi connectivity index (χ2v) is 9.49. The van der Waals surface area contributed by atoms with Gasteiger partial charge in [-0.3, -0.25) is 0 Å². The summed E-state index contributed by atoms with van der Waals surface area (Å²) in [6.07, 6.45) is 5.12. The summed E-state index contributed by atoms with van der Waals surface area (Å²) in [6, 6.07) is 7.28. The third kappa shape index (κ3) is 3.43. The van der Waals surface area contributed by atoms with Crippen LogP contribution in [-0.4, -0.2) is 55.3 Å². The zero-order valence-electron chi connectivity index (χ0n) is 14.4. The van der Waals surface area contributed by atoms with Gasteiger partial charge in [-0.25, -0.2) is 8.42 Å². The molecular formula is C18H26N2O4S. The lowest BCUT2D eigenvalue weighted by atomic mass is 9.77. The number of anilines is 1. The zero-order chi connectivity index (χ0) is 17.5. The normalized spacial score (nSPS) is 27.3. The van der Waals surface area contributed by atoms with E-state index >= 15 is 0 Å². The maximum absolute atomic E-state index is 12.8. The third-order valence-corrected chi connectivity index (χ3v) is 7.63. The van der Waals surface area contributed by atoms with Crippen LogP contribution in [0.15, 0.2) is 29.2 Å². The minimum Gasteiger partial charge on any atom is -0.393 e. The van der Waals surface area contributed by atoms with E-state index in [1.54, 1.807) is 18.2 Å². The topological polar surface area (TPSA) is 78.9 Å². The predicted octanol–water partition coefficient (Wildman–Crippen LogP) is 1.96. The van der Waals surface area contributed by atoms with Crippen molar-refractivity contribution in [2.45, 2.75) is 61.2 Å². The van der Waals surface area contributed by atoms with E-state index in [4.69, 9.17) is 4.74 Å². The number of ether oxygens (including phenoxy) is 1. The van der Waals surface area contributed by atoms with Crippen LogP contribution in [0.25, 0.3) is 0 Å². The second kappa shape index (κ2) is 6.54. The number of hydrogen-bond acceptors (Lipinski definition) is 5. The van der Waals surface area contributed by atoms with Gasteiger partial charge in [-0.2, -0.15) is 4.31 Å². The summed E-state index contributed by atoms with van der Waals surface area (Å²) in [7, 11) is -3.51. The largest absolute Gasteiger partial charge is 0.393 e. The molecular weight excluding hydrogens is 340 g/mol. The first kappa shape index (κ1) is 17.3. The van der Waals surface area contributed by atoms with Crippen molar-refractivity contribution in [1.82, 2.24) is 4.31 Å². The van der Waals surface area contributed by atoms with Gasteiger partial charge in [0, 0.05) is 18.8 Å². The Morgan fingerprint density at radius 3 is 2.64 bits per heavy atom. The SMILES string of the molecule is O=S(=O)(c1cccc(N[C@@H]2COC3(CCC3)C2)c1)N1CCC(O)CC1. The van der Waals surface area contributed by atoms with Crippen LogP contribution >= 0.6 is 0 Å². The van der Waals surface area contributed by atoms with E-state index in [1.807, 2.05) is 6.07 Å². The molecule has 0 amide bonds. The molecule has 0 radical (unpaired) electrons. The summed E-state index contributed by atoms with van der Waals surface area (Å²) in [6.45, 7) is 1.43. The van der Waals surface area contributed by atoms with Gasteiger partial charge < -0.3 is 15.2 Å². The van der Waals surface area contributed by atoms with Gasteiger partial charge in [-0.1, -0.05) is 6.07 Å². The Hall–Kier alpha value is -1.15. The number of nitrogens with one attached hydrogen (secondary N) is 1. The molecule has 0 unspecified atom stereocenters. The third-order valence-electron chi connectivity index (χ3n) is 5.74. The van der Waals surface area contributed by atoms with Crippen LogP contribution in [-0.2, 0) is 14.8 Å². The number of piperidine rings is 1. The summed E-state index contributed by atoms with van der Waals surface area (Å²) in [4.78, 5) is 0.311. The smallest absolute Gasteiger partial charge is 0.243 e. The number of sulfonamides is 1. The molecule has 1 saturated carbocycles. The Bertz CT molecular complexity index is 724. The first-order chi connectivity index (χ1) is 12.0. The molecule has 138 valence electrons. The summed E-state index contributed by atoms with van der Waals surface area (Å²) in [5.41, 5.74) is 0.902. The van der Waals surface area contributed by atoms with Crippen molar-refractivity contribution in [3.8, 4) is 0 Å². The number of nitrogens with zero attached hydrogens (tertiary/aromatic N) is 1. The molecule has 2 saturated heterocycles. The van der Waals surface area contributed by atoms with Crippen molar-refractivity contribution in [2.75, 3.05) is 25.0 Å². The van der Waals surface area contributed by atoms with Crippen LogP contribution in [0.5, 0.6) is 0 Å². The molecule has 1 aromatic carbocycles. The van der Waals surface area contributed by atoms with Crippen LogP contribution in [0.1, 0.15) is 38.5 Å². The highest BCUT2D eigenvalue weighted by Crippen LogP contribution is 2.43. The lowest BCUT2D eigenvalue weighted by Gasteiger charge is -2.37. The highest BCUT2D eigenvalue weighted by Gasteiger charge is 2.45. The van der Waals surface area contributed by atoms with Crippen LogP contribution in [0.3, 0.4) is 0 Å². The number of hydrogen-bond donors (Lipinski definition) is 2. The fraction of sp³-hybridized carbons (Fsp3) is 0.667. The molecule has 1 atom stereocenters. The Labute approximate surface area is 149 Å². The summed E-state index contributed by atoms with van der Waals surface area (Å²) in [5, 5.41) is 13.0. The van der Waals surface area contributed by atoms with E-state index in [1.165, 1.54) is 10.7 Å². The maximum Gasteiger partial charge on any atom is 0.243 e. The first-order valence-electron chi connectivity index (χ1n) is 9.16. The highest BCUT2D eigenvalue weighted by atomic mass is 32.2. The molecule has 0 bridgehead atoms. The van der Waals surface area contributed by atoms with Gasteiger partial charge in [-0.05, 0) is 56.7 Å². The van der Waals surface area contributed by atoms with Gasteiger partial charge >= 0.3 is 0 Å². The molecule has 1 aliphatic carbocycles. The molecule has 2 N–H and O–H groups in total. The number of benzene rings is 1. The van der Waals surface area contributed by atoms with Gasteiger partial charge in [0.1, 0.15) is 0 Å². The van der Waals surface area contributed by atoms with Crippen LogP contribution < -0.4 is 5.32 Å². The van der Waals surface area contributed by atoms with E-state index in [0.29, 0.717) is 37.4 Å². The van der Waals surface area contributed by atoms with Crippen molar-refractivity contribution in [2.24, 2.45) is 0 Å². The van der Waals surface area contributed by atoms with E-state index in [2.05, 4.69) is 5.32 Å². The average Bonchev–Trinajstić information content (AvgIpc) is 3.00. The fourth-order valence-corrected chi connectivity index (χ4v) is 5.59. The summed E-state index contributed by atoms with van der Waals surface area (Å²) < 4.78 is 33.1. The first-order valence-corrected chi connectivity index (χ1v) is 10.6. The standard InChI is InChI=1S/C18H26N2O4S/c21-16-5-9-20(10-6-16)25(22,23)17-4-1-3-14(11-17)19-15-12-18(24-13-15)7-2-8-18/h1,3-4,11,15-16,19,21H,2,5-10,12-13H2/t15-/m0/s1. The van der Waals surface area contributed by atoms with Crippen molar-refractivity contribution in [1.29, 1.82) is 0 Å². The average molecular weight is 366 g/mol. The van der Waals surface area contributed by atoms with Gasteiger partial charge in [0.2, 0.25) is 10.0 Å². The minimum atomic E-state index is -3.51. The fourth-order valence-electron chi connectivity index (χ4n) is 4.07. The Morgan fingerprint density at radius 1 is 1.24 bits per heavy atom. The minimum absolute atomic E-state index is 0.0794. The monoisotopic (exact) mass is 366 g/mol. The van der Waals surface area contributed by atoms with Crippen LogP contribution in [0.2, 0.25) is 0 Å². The van der Waals surface area contributed by atoms with Crippen LogP contribution in [0, 0.1) is 0 Å². The number of aliphatic hydroxyl groups is 1. The highest BCUT2D eigenvalue weighted by molar-refractivity contribution is 7.89. The molecule has 2 heterocycles. The molecule has 1 spiro atoms. The summed E-state index contributed by atoms with van der Waals surface area (Å²) >= 11 is 0. The molecule has 2 aliphatic heterocycles. The lowest BCUT2D eigenvalue weighted by Crippen LogP contribution is -2.40. The van der Waals surface area contributed by atoms with E-state index in [0.717, 1.165) is 24.9 Å². The van der Waals surface area contributed by atoms with Crippen molar-refractivity contribution < 1.29 is 18.3 Å². The van der Waals surface area contributed by atoms with Gasteiger partial charge in [-0.15, -0.1) is 0 Å². The van der Waals surface area contributed by atoms with E-state index < -0.39 is 10.0 Å². The molecule has 3 aliphatic rings. The van der Waals surface area contributed by atoms with E-state index in [-0.39, 0.29) is 17.7 Å². The Morgan fingerprint density at radius 2 is 2.00 bits per heavy atom. The van der Waals surface area contributed by atoms with Gasteiger partial charge in [0.15, 0.2) is 0 Å². The lowest BCUT2D eigenvalue weighted by molar-refractivity contribution is -0.0562. The summed E-state index contributed by atoms with van der Waals surface area (Å²) in [5.74, 6) is 0. The molecule has 7 heteroatoms. The molecule has 3 fully saturated rings. The van der Waals surface area contributed by atoms with Crippen molar-refractivity contribution in [3.05, 3.63) is 24.3 Å². The van der Waals surface area contributed by atoms with Gasteiger partial charge in [0.05, 0.1) is 29.2 Å². The number of rotatable bonds is 4. The Balaban J connectivity index is 1.45. The van der Waals surface area contributed by atoms with E-state index in [9.17, 15) is 13.5 Å². The van der Waals surface area contributed by atoms with Crippen molar-refractivity contribution in [3.63, 3.8) is 0 Å². The predicted molar refractivity (Wildman–Crippen MR) is 95.0 cm³/mol. The molecule has 25 heavy (non-hydrogen) atoms. The Kier molecular flexibility index (Phi) is 4.52. The van der Waals surface area contributed by atoms with Crippen molar-refractivity contribution >= 4 is 15.7 Å². The second-order valence-electron chi connectivity index (χ2n) is 7.56. The van der Waals surface area contributed by atoms with Crippen LogP contribution in [0.4, 0.5) is 5.69 Å². The quantitative estimate of drug-likeness (QED) is 0.852.